The molecule has 0 aliphatic rings. The van der Waals surface area contributed by atoms with Gasteiger partial charge in [-0.2, -0.15) is 0 Å². The SMILES string of the molecule is CC.CC(C)(C)c1cc(C(C)(C)C)c2ccccc2n1. The van der Waals surface area contributed by atoms with Crippen LogP contribution in [0.5, 0.6) is 0 Å². The first kappa shape index (κ1) is 16.7. The average Bonchev–Trinajstić information content (AvgIpc) is 2.37. The second-order valence-electron chi connectivity index (χ2n) is 7.07. The summed E-state index contributed by atoms with van der Waals surface area (Å²) in [7, 11) is 0. The lowest BCUT2D eigenvalue weighted by atomic mass is 9.81. The summed E-state index contributed by atoms with van der Waals surface area (Å²) in [6.07, 6.45) is 0. The van der Waals surface area contributed by atoms with Crippen molar-refractivity contribution >= 4 is 10.9 Å². The van der Waals surface area contributed by atoms with Crippen LogP contribution in [0.15, 0.2) is 30.3 Å². The highest BCUT2D eigenvalue weighted by atomic mass is 14.7. The van der Waals surface area contributed by atoms with Crippen LogP contribution in [0, 0.1) is 0 Å². The number of hydrogen-bond acceptors (Lipinski definition) is 1. The van der Waals surface area contributed by atoms with Gasteiger partial charge >= 0.3 is 0 Å². The van der Waals surface area contributed by atoms with Crippen molar-refractivity contribution < 1.29 is 0 Å². The Bertz CT molecular complexity index is 568. The maximum atomic E-state index is 4.82. The second-order valence-corrected chi connectivity index (χ2v) is 7.07. The van der Waals surface area contributed by atoms with Gasteiger partial charge in [0.2, 0.25) is 0 Å². The van der Waals surface area contributed by atoms with Crippen molar-refractivity contribution in [2.45, 2.75) is 66.2 Å². The largest absolute Gasteiger partial charge is 0.252 e. The molecule has 0 fully saturated rings. The number of aromatic nitrogens is 1. The molecule has 110 valence electrons. The Morgan fingerprint density at radius 2 is 1.35 bits per heavy atom. The first-order chi connectivity index (χ1) is 9.19. The molecule has 0 spiro atoms. The predicted molar refractivity (Wildman–Crippen MR) is 90.5 cm³/mol. The lowest BCUT2D eigenvalue weighted by Crippen LogP contribution is -2.18. The van der Waals surface area contributed by atoms with Gasteiger partial charge in [0.25, 0.3) is 0 Å². The van der Waals surface area contributed by atoms with Gasteiger partial charge in [-0.25, -0.2) is 0 Å². The van der Waals surface area contributed by atoms with Crippen LogP contribution in [-0.2, 0) is 10.8 Å². The zero-order valence-corrected chi connectivity index (χ0v) is 14.3. The predicted octanol–water partition coefficient (Wildman–Crippen LogP) is 5.86. The number of para-hydroxylation sites is 1. The molecule has 0 atom stereocenters. The molecular weight excluding hydrogens is 242 g/mol. The lowest BCUT2D eigenvalue weighted by molar-refractivity contribution is 0.558. The van der Waals surface area contributed by atoms with E-state index in [0.29, 0.717) is 0 Å². The summed E-state index contributed by atoms with van der Waals surface area (Å²) in [5.41, 5.74) is 3.89. The number of benzene rings is 1. The van der Waals surface area contributed by atoms with E-state index in [9.17, 15) is 0 Å². The van der Waals surface area contributed by atoms with E-state index >= 15 is 0 Å². The third-order valence-electron chi connectivity index (χ3n) is 3.29. The van der Waals surface area contributed by atoms with Crippen molar-refractivity contribution in [3.05, 3.63) is 41.6 Å². The van der Waals surface area contributed by atoms with Crippen molar-refractivity contribution in [2.75, 3.05) is 0 Å². The highest BCUT2D eigenvalue weighted by Gasteiger charge is 2.22. The molecule has 0 radical (unpaired) electrons. The molecule has 0 amide bonds. The van der Waals surface area contributed by atoms with Crippen LogP contribution in [-0.4, -0.2) is 4.98 Å². The molecule has 20 heavy (non-hydrogen) atoms. The number of rotatable bonds is 0. The van der Waals surface area contributed by atoms with Crippen LogP contribution in [0.3, 0.4) is 0 Å². The Morgan fingerprint density at radius 3 is 1.85 bits per heavy atom. The zero-order valence-electron chi connectivity index (χ0n) is 14.3. The summed E-state index contributed by atoms with van der Waals surface area (Å²) < 4.78 is 0. The van der Waals surface area contributed by atoms with Crippen molar-refractivity contribution in [3.8, 4) is 0 Å². The molecule has 2 aromatic rings. The summed E-state index contributed by atoms with van der Waals surface area (Å²) in [5, 5.41) is 1.28. The van der Waals surface area contributed by atoms with Crippen molar-refractivity contribution in [1.82, 2.24) is 4.98 Å². The minimum absolute atomic E-state index is 0.0873. The molecular formula is C19H29N. The number of hydrogen-bond donors (Lipinski definition) is 0. The number of pyridine rings is 1. The van der Waals surface area contributed by atoms with Gasteiger partial charge in [-0.05, 0) is 23.1 Å². The van der Waals surface area contributed by atoms with Gasteiger partial charge < -0.3 is 0 Å². The topological polar surface area (TPSA) is 12.9 Å². The molecule has 0 aliphatic carbocycles. The monoisotopic (exact) mass is 271 g/mol. The maximum Gasteiger partial charge on any atom is 0.0708 e. The van der Waals surface area contributed by atoms with E-state index < -0.39 is 0 Å². The normalized spacial score (nSPS) is 12.0. The Kier molecular flexibility index (Phi) is 4.96. The summed E-state index contributed by atoms with van der Waals surface area (Å²) in [6, 6.07) is 10.7. The van der Waals surface area contributed by atoms with Crippen LogP contribution < -0.4 is 0 Å². The van der Waals surface area contributed by atoms with Crippen molar-refractivity contribution in [1.29, 1.82) is 0 Å². The van der Waals surface area contributed by atoms with E-state index in [0.717, 1.165) is 5.52 Å². The van der Waals surface area contributed by atoms with Gasteiger partial charge in [-0.3, -0.25) is 4.98 Å². The third-order valence-corrected chi connectivity index (χ3v) is 3.29. The number of fused-ring (bicyclic) bond motifs is 1. The maximum absolute atomic E-state index is 4.82. The molecule has 1 heteroatoms. The van der Waals surface area contributed by atoms with E-state index in [4.69, 9.17) is 4.98 Å². The highest BCUT2D eigenvalue weighted by Crippen LogP contribution is 2.33. The van der Waals surface area contributed by atoms with Gasteiger partial charge in [0.15, 0.2) is 0 Å². The third kappa shape index (κ3) is 3.59. The molecule has 0 N–H and O–H groups in total. The van der Waals surface area contributed by atoms with E-state index in [1.54, 1.807) is 0 Å². The van der Waals surface area contributed by atoms with Gasteiger partial charge in [0.05, 0.1) is 5.52 Å². The smallest absolute Gasteiger partial charge is 0.0708 e. The molecule has 0 aliphatic heterocycles. The fourth-order valence-electron chi connectivity index (χ4n) is 2.18. The minimum Gasteiger partial charge on any atom is -0.252 e. The quantitative estimate of drug-likeness (QED) is 0.585. The van der Waals surface area contributed by atoms with Crippen molar-refractivity contribution in [2.24, 2.45) is 0 Å². The fraction of sp³-hybridized carbons (Fsp3) is 0.526. The Balaban J connectivity index is 0.000000956. The Morgan fingerprint density at radius 1 is 0.800 bits per heavy atom. The van der Waals surface area contributed by atoms with E-state index in [2.05, 4.69) is 71.9 Å². The van der Waals surface area contributed by atoms with Crippen molar-refractivity contribution in [3.63, 3.8) is 0 Å². The summed E-state index contributed by atoms with van der Waals surface area (Å²) in [6.45, 7) is 17.5. The lowest BCUT2D eigenvalue weighted by Gasteiger charge is -2.25. The molecule has 1 heterocycles. The zero-order chi connectivity index (χ0) is 15.6. The molecule has 0 saturated carbocycles. The van der Waals surface area contributed by atoms with Crippen LogP contribution in [0.2, 0.25) is 0 Å². The molecule has 2 rings (SSSR count). The Labute approximate surface area is 124 Å². The highest BCUT2D eigenvalue weighted by molar-refractivity contribution is 5.83. The fourth-order valence-corrected chi connectivity index (χ4v) is 2.18. The van der Waals surface area contributed by atoms with E-state index in [-0.39, 0.29) is 10.8 Å². The van der Waals surface area contributed by atoms with Crippen LogP contribution in [0.4, 0.5) is 0 Å². The van der Waals surface area contributed by atoms with Crippen LogP contribution >= 0.6 is 0 Å². The van der Waals surface area contributed by atoms with Crippen LogP contribution in [0.1, 0.15) is 66.6 Å². The average molecular weight is 271 g/mol. The van der Waals surface area contributed by atoms with Gasteiger partial charge in [0.1, 0.15) is 0 Å². The van der Waals surface area contributed by atoms with Gasteiger partial charge in [-0.1, -0.05) is 73.6 Å². The van der Waals surface area contributed by atoms with Gasteiger partial charge in [0, 0.05) is 16.5 Å². The molecule has 0 saturated heterocycles. The molecule has 0 unspecified atom stereocenters. The summed E-state index contributed by atoms with van der Waals surface area (Å²) >= 11 is 0. The first-order valence-electron chi connectivity index (χ1n) is 7.60. The standard InChI is InChI=1S/C17H23N.C2H6/c1-16(2,3)13-11-15(17(4,5)6)18-14-10-8-7-9-12(13)14;1-2/h7-11H,1-6H3;1-2H3. The second kappa shape index (κ2) is 5.95. The van der Waals surface area contributed by atoms with Gasteiger partial charge in [-0.15, -0.1) is 0 Å². The molecule has 0 bridgehead atoms. The summed E-state index contributed by atoms with van der Waals surface area (Å²) in [4.78, 5) is 4.82. The molecule has 1 aromatic carbocycles. The van der Waals surface area contributed by atoms with E-state index in [1.807, 2.05) is 13.8 Å². The molecule has 1 aromatic heterocycles. The minimum atomic E-state index is 0.0873. The number of nitrogens with zero attached hydrogens (tertiary/aromatic N) is 1. The summed E-state index contributed by atoms with van der Waals surface area (Å²) in [5.74, 6) is 0. The molecule has 1 nitrogen and oxygen atoms in total. The first-order valence-corrected chi connectivity index (χ1v) is 7.60. The Hall–Kier alpha value is -1.37. The van der Waals surface area contributed by atoms with Crippen LogP contribution in [0.25, 0.3) is 10.9 Å². The van der Waals surface area contributed by atoms with E-state index in [1.165, 1.54) is 16.6 Å².